The number of ether oxygens (including phenoxy) is 1. The molecule has 7 nitrogen and oxygen atoms in total. The van der Waals surface area contributed by atoms with Crippen LogP contribution in [-0.4, -0.2) is 42.0 Å². The van der Waals surface area contributed by atoms with Gasteiger partial charge in [-0.3, -0.25) is 9.59 Å². The Bertz CT molecular complexity index is 1020. The third-order valence-electron chi connectivity index (χ3n) is 4.13. The third-order valence-corrected chi connectivity index (χ3v) is 5.32. The van der Waals surface area contributed by atoms with Crippen molar-refractivity contribution in [3.8, 4) is 5.75 Å². The van der Waals surface area contributed by atoms with Gasteiger partial charge < -0.3 is 19.9 Å². The van der Waals surface area contributed by atoms with Gasteiger partial charge in [-0.25, -0.2) is 4.98 Å². The zero-order valence-corrected chi connectivity index (χ0v) is 16.6. The number of nitrogens with zero attached hydrogens (tertiary/aromatic N) is 2. The topological polar surface area (TPSA) is 87.3 Å². The standard InChI is InChI=1S/C19H22N4O3S/c1-11-15-17(24)21-14(10-23(2)3)22-19(15)27-16(11)18(25)20-9-12-5-7-13(26-4)8-6-12/h5-8H,9-10H2,1-4H3,(H,20,25)(H,21,22,24). The lowest BCUT2D eigenvalue weighted by Crippen LogP contribution is -2.22. The van der Waals surface area contributed by atoms with Crippen molar-refractivity contribution in [2.45, 2.75) is 20.0 Å². The molecule has 0 atom stereocenters. The predicted octanol–water partition coefficient (Wildman–Crippen LogP) is 2.29. The minimum Gasteiger partial charge on any atom is -0.497 e. The lowest BCUT2D eigenvalue weighted by molar-refractivity contribution is 0.0954. The predicted molar refractivity (Wildman–Crippen MR) is 107 cm³/mol. The highest BCUT2D eigenvalue weighted by Gasteiger charge is 2.19. The van der Waals surface area contributed by atoms with Crippen molar-refractivity contribution in [3.63, 3.8) is 0 Å². The van der Waals surface area contributed by atoms with Crippen molar-refractivity contribution in [3.05, 3.63) is 56.4 Å². The van der Waals surface area contributed by atoms with E-state index in [0.29, 0.717) is 39.6 Å². The number of amides is 1. The molecule has 0 radical (unpaired) electrons. The van der Waals surface area contributed by atoms with Crippen LogP contribution in [0.15, 0.2) is 29.1 Å². The van der Waals surface area contributed by atoms with Gasteiger partial charge in [-0.2, -0.15) is 0 Å². The Hall–Kier alpha value is -2.71. The van der Waals surface area contributed by atoms with Crippen molar-refractivity contribution < 1.29 is 9.53 Å². The number of rotatable bonds is 6. The molecule has 0 saturated heterocycles. The number of carbonyl (C=O) groups excluding carboxylic acids is 1. The van der Waals surface area contributed by atoms with E-state index in [9.17, 15) is 9.59 Å². The number of hydrogen-bond donors (Lipinski definition) is 2. The Balaban J connectivity index is 1.82. The molecule has 0 saturated carbocycles. The summed E-state index contributed by atoms with van der Waals surface area (Å²) in [5.41, 5.74) is 1.42. The normalized spacial score (nSPS) is 11.1. The molecule has 0 unspecified atom stereocenters. The number of aromatic nitrogens is 2. The van der Waals surface area contributed by atoms with Crippen LogP contribution < -0.4 is 15.6 Å². The second-order valence-electron chi connectivity index (χ2n) is 6.52. The minimum absolute atomic E-state index is 0.208. The van der Waals surface area contributed by atoms with E-state index in [1.807, 2.05) is 43.3 Å². The number of nitrogens with one attached hydrogen (secondary N) is 2. The molecule has 2 heterocycles. The Morgan fingerprint density at radius 2 is 2.00 bits per heavy atom. The molecule has 0 aliphatic rings. The number of fused-ring (bicyclic) bond motifs is 1. The highest BCUT2D eigenvalue weighted by molar-refractivity contribution is 7.20. The van der Waals surface area contributed by atoms with Crippen molar-refractivity contribution in [2.24, 2.45) is 0 Å². The maximum Gasteiger partial charge on any atom is 0.261 e. The first-order valence-corrected chi connectivity index (χ1v) is 9.29. The van der Waals surface area contributed by atoms with Gasteiger partial charge in [-0.05, 0) is 44.3 Å². The first-order valence-electron chi connectivity index (χ1n) is 8.47. The Morgan fingerprint density at radius 1 is 1.30 bits per heavy atom. The monoisotopic (exact) mass is 386 g/mol. The molecule has 1 aromatic carbocycles. The number of benzene rings is 1. The van der Waals surface area contributed by atoms with E-state index in [4.69, 9.17) is 4.74 Å². The second-order valence-corrected chi connectivity index (χ2v) is 7.52. The number of aromatic amines is 1. The summed E-state index contributed by atoms with van der Waals surface area (Å²) in [6.07, 6.45) is 0. The van der Waals surface area contributed by atoms with Crippen LogP contribution in [0.4, 0.5) is 0 Å². The molecule has 142 valence electrons. The first kappa shape index (κ1) is 19.1. The molecule has 0 aliphatic carbocycles. The fourth-order valence-electron chi connectivity index (χ4n) is 2.79. The molecule has 3 rings (SSSR count). The summed E-state index contributed by atoms with van der Waals surface area (Å²) >= 11 is 1.25. The highest BCUT2D eigenvalue weighted by Crippen LogP contribution is 2.27. The van der Waals surface area contributed by atoms with Gasteiger partial charge in [-0.15, -0.1) is 11.3 Å². The lowest BCUT2D eigenvalue weighted by atomic mass is 10.2. The molecule has 0 bridgehead atoms. The van der Waals surface area contributed by atoms with Crippen LogP contribution in [0.2, 0.25) is 0 Å². The minimum atomic E-state index is -0.209. The molecule has 1 amide bonds. The average Bonchev–Trinajstić information content (AvgIpc) is 2.96. The SMILES string of the molecule is COc1ccc(CNC(=O)c2sc3nc(CN(C)C)[nH]c(=O)c3c2C)cc1. The Morgan fingerprint density at radius 3 is 2.63 bits per heavy atom. The molecule has 2 aromatic heterocycles. The van der Waals surface area contributed by atoms with Crippen molar-refractivity contribution in [1.29, 1.82) is 0 Å². The fraction of sp³-hybridized carbons (Fsp3) is 0.316. The lowest BCUT2D eigenvalue weighted by Gasteiger charge is -2.07. The van der Waals surface area contributed by atoms with Gasteiger partial charge in [0.05, 0.1) is 23.9 Å². The number of methoxy groups -OCH3 is 1. The maximum atomic E-state index is 12.6. The first-order chi connectivity index (χ1) is 12.9. The smallest absolute Gasteiger partial charge is 0.261 e. The van der Waals surface area contributed by atoms with E-state index < -0.39 is 0 Å². The number of carbonyl (C=O) groups is 1. The number of aryl methyl sites for hydroxylation is 1. The van der Waals surface area contributed by atoms with Gasteiger partial charge in [0.1, 0.15) is 16.4 Å². The fourth-order valence-corrected chi connectivity index (χ4v) is 3.90. The second kappa shape index (κ2) is 7.89. The summed E-state index contributed by atoms with van der Waals surface area (Å²) in [6.45, 7) is 2.71. The van der Waals surface area contributed by atoms with Crippen LogP contribution in [0.3, 0.4) is 0 Å². The number of hydrogen-bond acceptors (Lipinski definition) is 6. The van der Waals surface area contributed by atoms with Crippen LogP contribution in [0.1, 0.15) is 26.6 Å². The van der Waals surface area contributed by atoms with Crippen LogP contribution in [0.5, 0.6) is 5.75 Å². The molecule has 3 aromatic rings. The maximum absolute atomic E-state index is 12.6. The van der Waals surface area contributed by atoms with Crippen molar-refractivity contribution in [2.75, 3.05) is 21.2 Å². The zero-order chi connectivity index (χ0) is 19.6. The summed E-state index contributed by atoms with van der Waals surface area (Å²) in [4.78, 5) is 35.4. The molecule has 0 aliphatic heterocycles. The van der Waals surface area contributed by atoms with Crippen molar-refractivity contribution >= 4 is 27.5 Å². The van der Waals surface area contributed by atoms with Gasteiger partial charge in [0.25, 0.3) is 11.5 Å². The number of thiophene rings is 1. The van der Waals surface area contributed by atoms with Crippen LogP contribution >= 0.6 is 11.3 Å². The quantitative estimate of drug-likeness (QED) is 0.679. The molecule has 8 heteroatoms. The van der Waals surface area contributed by atoms with E-state index in [-0.39, 0.29) is 11.5 Å². The summed E-state index contributed by atoms with van der Waals surface area (Å²) < 4.78 is 5.13. The van der Waals surface area contributed by atoms with Gasteiger partial charge in [0.15, 0.2) is 0 Å². The van der Waals surface area contributed by atoms with Gasteiger partial charge in [0.2, 0.25) is 0 Å². The Kier molecular flexibility index (Phi) is 5.57. The van der Waals surface area contributed by atoms with E-state index in [0.717, 1.165) is 11.3 Å². The summed E-state index contributed by atoms with van der Waals surface area (Å²) in [7, 11) is 5.42. The van der Waals surface area contributed by atoms with Crippen LogP contribution in [0.25, 0.3) is 10.2 Å². The van der Waals surface area contributed by atoms with Gasteiger partial charge >= 0.3 is 0 Å². The van der Waals surface area contributed by atoms with Gasteiger partial charge in [0, 0.05) is 6.54 Å². The van der Waals surface area contributed by atoms with Gasteiger partial charge in [-0.1, -0.05) is 12.1 Å². The molecule has 0 spiro atoms. The summed E-state index contributed by atoms with van der Waals surface area (Å²) in [5, 5.41) is 3.39. The highest BCUT2D eigenvalue weighted by atomic mass is 32.1. The molecular weight excluding hydrogens is 364 g/mol. The third kappa shape index (κ3) is 4.17. The van der Waals surface area contributed by atoms with Crippen LogP contribution in [0, 0.1) is 6.92 Å². The van der Waals surface area contributed by atoms with Crippen LogP contribution in [-0.2, 0) is 13.1 Å². The molecule has 0 fully saturated rings. The summed E-state index contributed by atoms with van der Waals surface area (Å²) in [6, 6.07) is 7.50. The Labute approximate surface area is 161 Å². The largest absolute Gasteiger partial charge is 0.497 e. The van der Waals surface area contributed by atoms with E-state index >= 15 is 0 Å². The van der Waals surface area contributed by atoms with Crippen molar-refractivity contribution in [1.82, 2.24) is 20.2 Å². The van der Waals surface area contributed by atoms with E-state index in [1.54, 1.807) is 14.0 Å². The molecule has 2 N–H and O–H groups in total. The van der Waals surface area contributed by atoms with E-state index in [1.165, 1.54) is 11.3 Å². The number of H-pyrrole nitrogens is 1. The average molecular weight is 386 g/mol. The molecule has 27 heavy (non-hydrogen) atoms. The van der Waals surface area contributed by atoms with E-state index in [2.05, 4.69) is 15.3 Å². The summed E-state index contributed by atoms with van der Waals surface area (Å²) in [5.74, 6) is 1.15. The molecular formula is C19H22N4O3S. The zero-order valence-electron chi connectivity index (χ0n) is 15.8.